The van der Waals surface area contributed by atoms with Crippen molar-refractivity contribution in [1.82, 2.24) is 16.0 Å². The normalized spacial score (nSPS) is 13.5. The Hall–Kier alpha value is -7.29. The molecule has 3 aliphatic rings. The molecule has 0 radical (unpaired) electrons. The first-order valence-corrected chi connectivity index (χ1v) is 22.9. The van der Waals surface area contributed by atoms with E-state index < -0.39 is 44.6 Å². The van der Waals surface area contributed by atoms with Crippen LogP contribution in [-0.4, -0.2) is 66.5 Å². The van der Waals surface area contributed by atoms with Crippen LogP contribution in [-0.2, 0) is 14.2 Å². The molecule has 13 heteroatoms. The Balaban J connectivity index is 0.000000140. The van der Waals surface area contributed by atoms with Crippen LogP contribution < -0.4 is 16.0 Å². The standard InChI is InChI=1S/C22H18BrNO3.C17H17NO3.C16H15NO3/c23-15-11-9-14(10-12-15)21(27-22(26)24-13-25)20-18-7-3-1-5-16(18)17-6-2-4-8-19(17)20;1-11(21-17(20)18-10-19)16-14-8-4-2-6-12(14)13-7-3-5-9-15(13)16;18-10-17-16(19)20-9-15-13-7-3-1-5-11(13)12-6-2-4-8-14(12)15/h1-12,20-21,25H,13H2,(H,24,26);2-9,11,16,19H,10H2,1H3,(H,18,20);1-8,15,18H,9-10H2,(H,17,19). The highest BCUT2D eigenvalue weighted by Gasteiger charge is 2.38. The molecule has 0 saturated carbocycles. The van der Waals surface area contributed by atoms with Crippen LogP contribution in [0.3, 0.4) is 0 Å². The second-order valence-corrected chi connectivity index (χ2v) is 17.0. The van der Waals surface area contributed by atoms with Crippen molar-refractivity contribution < 1.29 is 43.9 Å². The SMILES string of the molecule is CC(OC(=O)NCO)C1c2ccccc2-c2ccccc21.O=C(NCO)OC(c1ccc(Br)cc1)C1c2ccccc2-c2ccccc21.O=C(NCO)OCC1c2ccccc2-c2ccccc21. The van der Waals surface area contributed by atoms with Crippen molar-refractivity contribution in [2.24, 2.45) is 0 Å². The number of carbonyl (C=O) groups is 3. The van der Waals surface area contributed by atoms with E-state index in [4.69, 9.17) is 29.5 Å². The summed E-state index contributed by atoms with van der Waals surface area (Å²) in [5, 5.41) is 33.1. The Morgan fingerprint density at radius 3 is 1.22 bits per heavy atom. The Labute approximate surface area is 402 Å². The van der Waals surface area contributed by atoms with Crippen molar-refractivity contribution in [3.63, 3.8) is 0 Å². The van der Waals surface area contributed by atoms with E-state index in [0.717, 1.165) is 32.3 Å². The number of halogens is 1. The number of hydrogen-bond acceptors (Lipinski definition) is 9. The van der Waals surface area contributed by atoms with Gasteiger partial charge in [0.2, 0.25) is 0 Å². The molecule has 0 aliphatic heterocycles. The summed E-state index contributed by atoms with van der Waals surface area (Å²) in [5.74, 6) is -0.0586. The molecular formula is C55H50BrN3O9. The number of rotatable bonds is 10. The summed E-state index contributed by atoms with van der Waals surface area (Å²) in [6.45, 7) is 0.824. The highest BCUT2D eigenvalue weighted by atomic mass is 79.9. The zero-order valence-corrected chi connectivity index (χ0v) is 38.6. The molecule has 0 aromatic heterocycles. The van der Waals surface area contributed by atoms with Crippen molar-refractivity contribution >= 4 is 34.2 Å². The van der Waals surface area contributed by atoms with Crippen molar-refractivity contribution in [1.29, 1.82) is 0 Å². The van der Waals surface area contributed by atoms with E-state index in [1.165, 1.54) is 44.5 Å². The molecule has 7 aromatic carbocycles. The molecule has 12 nitrogen and oxygen atoms in total. The molecule has 68 heavy (non-hydrogen) atoms. The van der Waals surface area contributed by atoms with Gasteiger partial charge < -0.3 is 29.5 Å². The van der Waals surface area contributed by atoms with Gasteiger partial charge in [0.25, 0.3) is 0 Å². The van der Waals surface area contributed by atoms with Crippen LogP contribution in [0.5, 0.6) is 0 Å². The van der Waals surface area contributed by atoms with E-state index in [-0.39, 0.29) is 30.5 Å². The summed E-state index contributed by atoms with van der Waals surface area (Å²) in [5.41, 5.74) is 14.9. The summed E-state index contributed by atoms with van der Waals surface area (Å²) in [6, 6.07) is 56.8. The fourth-order valence-corrected chi connectivity index (χ4v) is 9.74. The van der Waals surface area contributed by atoms with Gasteiger partial charge in [0, 0.05) is 16.3 Å². The largest absolute Gasteiger partial charge is 0.449 e. The maximum atomic E-state index is 12.2. The van der Waals surface area contributed by atoms with E-state index in [1.54, 1.807) is 0 Å². The second-order valence-electron chi connectivity index (χ2n) is 16.1. The van der Waals surface area contributed by atoms with E-state index in [9.17, 15) is 14.4 Å². The molecule has 0 saturated heterocycles. The number of aliphatic hydroxyl groups excluding tert-OH is 3. The molecule has 0 heterocycles. The van der Waals surface area contributed by atoms with Crippen LogP contribution in [0, 0.1) is 0 Å². The Bertz CT molecular complexity index is 2760. The lowest BCUT2D eigenvalue weighted by Gasteiger charge is -2.26. The third-order valence-corrected chi connectivity index (χ3v) is 12.8. The number of carbonyl (C=O) groups excluding carboxylic acids is 3. The molecule has 3 amide bonds. The smallest absolute Gasteiger partial charge is 0.409 e. The minimum atomic E-state index is -0.646. The van der Waals surface area contributed by atoms with E-state index >= 15 is 0 Å². The number of fused-ring (bicyclic) bond motifs is 9. The summed E-state index contributed by atoms with van der Waals surface area (Å²) >= 11 is 3.45. The first-order chi connectivity index (χ1) is 33.2. The maximum absolute atomic E-state index is 12.2. The summed E-state index contributed by atoms with van der Waals surface area (Å²) in [4.78, 5) is 35.0. The lowest BCUT2D eigenvalue weighted by Crippen LogP contribution is -2.31. The predicted octanol–water partition coefficient (Wildman–Crippen LogP) is 10.3. The Morgan fingerprint density at radius 2 is 0.809 bits per heavy atom. The van der Waals surface area contributed by atoms with Gasteiger partial charge in [-0.05, 0) is 91.4 Å². The first-order valence-electron chi connectivity index (χ1n) is 22.1. The van der Waals surface area contributed by atoms with Gasteiger partial charge in [0.05, 0.1) is 5.92 Å². The summed E-state index contributed by atoms with van der Waals surface area (Å²) < 4.78 is 17.3. The maximum Gasteiger partial charge on any atom is 0.409 e. The monoisotopic (exact) mass is 975 g/mol. The Morgan fingerprint density at radius 1 is 0.471 bits per heavy atom. The zero-order chi connectivity index (χ0) is 47.6. The lowest BCUT2D eigenvalue weighted by atomic mass is 9.87. The highest BCUT2D eigenvalue weighted by Crippen LogP contribution is 2.52. The number of alkyl carbamates (subject to hydrolysis) is 3. The minimum Gasteiger partial charge on any atom is -0.449 e. The number of amides is 3. The number of aliphatic hydroxyl groups is 3. The van der Waals surface area contributed by atoms with Gasteiger partial charge in [-0.15, -0.1) is 0 Å². The molecule has 346 valence electrons. The van der Waals surface area contributed by atoms with Gasteiger partial charge in [0.1, 0.15) is 39.0 Å². The lowest BCUT2D eigenvalue weighted by molar-refractivity contribution is 0.0813. The van der Waals surface area contributed by atoms with Crippen molar-refractivity contribution in [2.75, 3.05) is 26.8 Å². The van der Waals surface area contributed by atoms with Crippen LogP contribution in [0.15, 0.2) is 174 Å². The van der Waals surface area contributed by atoms with Crippen LogP contribution >= 0.6 is 15.9 Å². The third-order valence-electron chi connectivity index (χ3n) is 12.3. The fourth-order valence-electron chi connectivity index (χ4n) is 9.48. The predicted molar refractivity (Wildman–Crippen MR) is 262 cm³/mol. The van der Waals surface area contributed by atoms with Gasteiger partial charge in [0.15, 0.2) is 0 Å². The van der Waals surface area contributed by atoms with Crippen molar-refractivity contribution in [2.45, 2.75) is 36.9 Å². The zero-order valence-electron chi connectivity index (χ0n) is 37.1. The quantitative estimate of drug-likeness (QED) is 0.0576. The molecule has 3 aliphatic carbocycles. The third kappa shape index (κ3) is 10.2. The van der Waals surface area contributed by atoms with Crippen LogP contribution in [0.4, 0.5) is 14.4 Å². The van der Waals surface area contributed by atoms with Gasteiger partial charge in [-0.3, -0.25) is 16.0 Å². The van der Waals surface area contributed by atoms with Gasteiger partial charge >= 0.3 is 18.3 Å². The number of benzene rings is 7. The van der Waals surface area contributed by atoms with Gasteiger partial charge in [-0.2, -0.15) is 0 Å². The average Bonchev–Trinajstić information content (AvgIpc) is 3.99. The van der Waals surface area contributed by atoms with Crippen LogP contribution in [0.25, 0.3) is 33.4 Å². The van der Waals surface area contributed by atoms with Crippen molar-refractivity contribution in [3.8, 4) is 33.4 Å². The van der Waals surface area contributed by atoms with Crippen LogP contribution in [0.1, 0.15) is 69.7 Å². The average molecular weight is 977 g/mol. The second kappa shape index (κ2) is 22.0. The summed E-state index contributed by atoms with van der Waals surface area (Å²) in [7, 11) is 0. The minimum absolute atomic E-state index is 0.0156. The van der Waals surface area contributed by atoms with Gasteiger partial charge in [-0.1, -0.05) is 174 Å². The van der Waals surface area contributed by atoms with E-state index in [2.05, 4.69) is 105 Å². The highest BCUT2D eigenvalue weighted by molar-refractivity contribution is 9.10. The molecular weight excluding hydrogens is 927 g/mol. The number of hydrogen-bond donors (Lipinski definition) is 6. The molecule has 0 bridgehead atoms. The van der Waals surface area contributed by atoms with E-state index in [0.29, 0.717) is 0 Å². The fraction of sp³-hybridized carbons (Fsp3) is 0.182. The molecule has 2 unspecified atom stereocenters. The van der Waals surface area contributed by atoms with Crippen LogP contribution in [0.2, 0.25) is 0 Å². The molecule has 0 fully saturated rings. The topological polar surface area (TPSA) is 176 Å². The number of ether oxygens (including phenoxy) is 3. The van der Waals surface area contributed by atoms with Gasteiger partial charge in [-0.25, -0.2) is 14.4 Å². The molecule has 0 spiro atoms. The molecule has 6 N–H and O–H groups in total. The van der Waals surface area contributed by atoms with E-state index in [1.807, 2.05) is 104 Å². The molecule has 2 atom stereocenters. The summed E-state index contributed by atoms with van der Waals surface area (Å²) in [6.07, 6.45) is -2.69. The first kappa shape index (κ1) is 47.2. The van der Waals surface area contributed by atoms with Crippen molar-refractivity contribution in [3.05, 3.63) is 213 Å². The Kier molecular flexibility index (Phi) is 15.3. The number of nitrogens with one attached hydrogen (secondary N) is 3. The molecule has 7 aromatic rings. The molecule has 10 rings (SSSR count).